The van der Waals surface area contributed by atoms with Crippen molar-refractivity contribution in [1.82, 2.24) is 4.98 Å². The average molecular weight is 176 g/mol. The zero-order chi connectivity index (χ0) is 9.42. The normalized spacial score (nSPS) is 10.6. The second kappa shape index (κ2) is 2.69. The summed E-state index contributed by atoms with van der Waals surface area (Å²) in [5.74, 6) is -0.273. The number of benzene rings is 1. The third-order valence-corrected chi connectivity index (χ3v) is 2.03. The quantitative estimate of drug-likeness (QED) is 0.668. The van der Waals surface area contributed by atoms with Gasteiger partial charge < -0.3 is 5.73 Å². The molecule has 66 valence electrons. The van der Waals surface area contributed by atoms with E-state index in [1.54, 1.807) is 12.3 Å². The molecule has 1 heterocycles. The first kappa shape index (κ1) is 7.98. The van der Waals surface area contributed by atoms with Gasteiger partial charge in [0.05, 0.1) is 5.52 Å². The summed E-state index contributed by atoms with van der Waals surface area (Å²) in [7, 11) is 0. The number of rotatable bonds is 0. The Bertz CT molecular complexity index is 466. The van der Waals surface area contributed by atoms with Gasteiger partial charge in [0.15, 0.2) is 0 Å². The molecule has 1 aromatic heterocycles. The van der Waals surface area contributed by atoms with Crippen molar-refractivity contribution in [1.29, 1.82) is 0 Å². The van der Waals surface area contributed by atoms with Gasteiger partial charge in [-0.05, 0) is 30.7 Å². The number of fused-ring (bicyclic) bond motifs is 1. The number of halogens is 1. The standard InChI is InChI=1S/C10H9FN2/c1-6-4-7(11)5-8-9(12)2-3-13-10(6)8/h2-5H,1H3,(H2,12,13). The Morgan fingerprint density at radius 2 is 2.15 bits per heavy atom. The van der Waals surface area contributed by atoms with Gasteiger partial charge in [-0.25, -0.2) is 4.39 Å². The maximum atomic E-state index is 13.0. The van der Waals surface area contributed by atoms with Crippen molar-refractivity contribution in [3.8, 4) is 0 Å². The lowest BCUT2D eigenvalue weighted by Crippen LogP contribution is -1.91. The first-order chi connectivity index (χ1) is 6.18. The van der Waals surface area contributed by atoms with E-state index in [1.165, 1.54) is 12.1 Å². The van der Waals surface area contributed by atoms with E-state index < -0.39 is 0 Å². The summed E-state index contributed by atoms with van der Waals surface area (Å²) < 4.78 is 13.0. The van der Waals surface area contributed by atoms with Gasteiger partial charge in [0.2, 0.25) is 0 Å². The van der Waals surface area contributed by atoms with Crippen molar-refractivity contribution >= 4 is 16.6 Å². The van der Waals surface area contributed by atoms with E-state index in [2.05, 4.69) is 4.98 Å². The van der Waals surface area contributed by atoms with Crippen LogP contribution in [0.5, 0.6) is 0 Å². The van der Waals surface area contributed by atoms with Crippen LogP contribution in [0.25, 0.3) is 10.9 Å². The number of nitrogens with two attached hydrogens (primary N) is 1. The zero-order valence-corrected chi connectivity index (χ0v) is 7.21. The lowest BCUT2D eigenvalue weighted by molar-refractivity contribution is 0.628. The molecule has 2 aromatic rings. The Balaban J connectivity index is 2.94. The molecule has 0 spiro atoms. The van der Waals surface area contributed by atoms with Crippen LogP contribution in [0, 0.1) is 12.7 Å². The fourth-order valence-corrected chi connectivity index (χ4v) is 1.41. The third-order valence-electron chi connectivity index (χ3n) is 2.03. The summed E-state index contributed by atoms with van der Waals surface area (Å²) in [4.78, 5) is 4.14. The summed E-state index contributed by atoms with van der Waals surface area (Å²) in [6, 6.07) is 4.53. The van der Waals surface area contributed by atoms with Crippen LogP contribution >= 0.6 is 0 Å². The molecule has 0 saturated heterocycles. The lowest BCUT2D eigenvalue weighted by Gasteiger charge is -2.03. The number of nitrogen functional groups attached to an aromatic ring is 1. The molecule has 0 amide bonds. The van der Waals surface area contributed by atoms with Crippen LogP contribution < -0.4 is 5.73 Å². The second-order valence-electron chi connectivity index (χ2n) is 3.02. The van der Waals surface area contributed by atoms with Crippen LogP contribution in [-0.2, 0) is 0 Å². The molecule has 0 saturated carbocycles. The first-order valence-electron chi connectivity index (χ1n) is 3.99. The molecule has 0 aliphatic rings. The van der Waals surface area contributed by atoms with E-state index in [9.17, 15) is 4.39 Å². The minimum absolute atomic E-state index is 0.273. The molecule has 13 heavy (non-hydrogen) atoms. The van der Waals surface area contributed by atoms with Gasteiger partial charge in [-0.15, -0.1) is 0 Å². The Labute approximate surface area is 75.2 Å². The smallest absolute Gasteiger partial charge is 0.124 e. The predicted octanol–water partition coefficient (Wildman–Crippen LogP) is 2.26. The van der Waals surface area contributed by atoms with Gasteiger partial charge in [-0.2, -0.15) is 0 Å². The third kappa shape index (κ3) is 1.22. The van der Waals surface area contributed by atoms with Crippen LogP contribution in [0.1, 0.15) is 5.56 Å². The largest absolute Gasteiger partial charge is 0.398 e. The molecule has 3 heteroatoms. The highest BCUT2D eigenvalue weighted by Gasteiger charge is 2.03. The lowest BCUT2D eigenvalue weighted by atomic mass is 10.1. The maximum Gasteiger partial charge on any atom is 0.124 e. The SMILES string of the molecule is Cc1cc(F)cc2c(N)ccnc12. The summed E-state index contributed by atoms with van der Waals surface area (Å²) >= 11 is 0. The fraction of sp³-hybridized carbons (Fsp3) is 0.100. The van der Waals surface area contributed by atoms with Crippen molar-refractivity contribution in [2.24, 2.45) is 0 Å². The molecule has 0 fully saturated rings. The van der Waals surface area contributed by atoms with Gasteiger partial charge in [-0.1, -0.05) is 0 Å². The predicted molar refractivity (Wildman–Crippen MR) is 50.9 cm³/mol. The molecular formula is C10H9FN2. The van der Waals surface area contributed by atoms with E-state index in [4.69, 9.17) is 5.73 Å². The van der Waals surface area contributed by atoms with E-state index in [-0.39, 0.29) is 5.82 Å². The van der Waals surface area contributed by atoms with Crippen molar-refractivity contribution in [3.63, 3.8) is 0 Å². The molecular weight excluding hydrogens is 167 g/mol. The van der Waals surface area contributed by atoms with E-state index in [0.29, 0.717) is 11.1 Å². The fourth-order valence-electron chi connectivity index (χ4n) is 1.41. The molecule has 0 bridgehead atoms. The van der Waals surface area contributed by atoms with Crippen molar-refractivity contribution < 1.29 is 4.39 Å². The van der Waals surface area contributed by atoms with Gasteiger partial charge in [0.25, 0.3) is 0 Å². The molecule has 0 aliphatic heterocycles. The van der Waals surface area contributed by atoms with Crippen molar-refractivity contribution in [2.75, 3.05) is 5.73 Å². The van der Waals surface area contributed by atoms with Crippen molar-refractivity contribution in [2.45, 2.75) is 6.92 Å². The number of nitrogens with zero attached hydrogens (tertiary/aromatic N) is 1. The number of hydrogen-bond donors (Lipinski definition) is 1. The van der Waals surface area contributed by atoms with Crippen molar-refractivity contribution in [3.05, 3.63) is 35.8 Å². The monoisotopic (exact) mass is 176 g/mol. The zero-order valence-electron chi connectivity index (χ0n) is 7.21. The van der Waals surface area contributed by atoms with E-state index in [0.717, 1.165) is 11.1 Å². The Kier molecular flexibility index (Phi) is 1.65. The number of aromatic nitrogens is 1. The number of anilines is 1. The van der Waals surface area contributed by atoms with Crippen LogP contribution in [0.2, 0.25) is 0 Å². The van der Waals surface area contributed by atoms with Crippen LogP contribution in [0.4, 0.5) is 10.1 Å². The number of pyridine rings is 1. The minimum Gasteiger partial charge on any atom is -0.398 e. The summed E-state index contributed by atoms with van der Waals surface area (Å²) in [6.45, 7) is 1.82. The average Bonchev–Trinajstić information content (AvgIpc) is 2.07. The molecule has 0 radical (unpaired) electrons. The van der Waals surface area contributed by atoms with E-state index >= 15 is 0 Å². The minimum atomic E-state index is -0.273. The number of hydrogen-bond acceptors (Lipinski definition) is 2. The second-order valence-corrected chi connectivity index (χ2v) is 3.02. The maximum absolute atomic E-state index is 13.0. The first-order valence-corrected chi connectivity index (χ1v) is 3.99. The Hall–Kier alpha value is -1.64. The molecule has 2 N–H and O–H groups in total. The number of aryl methyl sites for hydroxylation is 1. The van der Waals surface area contributed by atoms with Gasteiger partial charge in [0.1, 0.15) is 5.82 Å². The molecule has 2 rings (SSSR count). The molecule has 0 unspecified atom stereocenters. The van der Waals surface area contributed by atoms with Crippen LogP contribution in [-0.4, -0.2) is 4.98 Å². The summed E-state index contributed by atoms with van der Waals surface area (Å²) in [6.07, 6.45) is 1.63. The molecule has 0 aliphatic carbocycles. The molecule has 0 atom stereocenters. The highest BCUT2D eigenvalue weighted by molar-refractivity contribution is 5.91. The molecule has 1 aromatic carbocycles. The highest BCUT2D eigenvalue weighted by Crippen LogP contribution is 2.22. The summed E-state index contributed by atoms with van der Waals surface area (Å²) in [5.41, 5.74) is 7.82. The Morgan fingerprint density at radius 3 is 2.92 bits per heavy atom. The van der Waals surface area contributed by atoms with Crippen LogP contribution in [0.15, 0.2) is 24.4 Å². The summed E-state index contributed by atoms with van der Waals surface area (Å²) in [5, 5.41) is 0.681. The molecule has 2 nitrogen and oxygen atoms in total. The van der Waals surface area contributed by atoms with E-state index in [1.807, 2.05) is 6.92 Å². The van der Waals surface area contributed by atoms with Gasteiger partial charge in [-0.3, -0.25) is 4.98 Å². The van der Waals surface area contributed by atoms with Crippen LogP contribution in [0.3, 0.4) is 0 Å². The van der Waals surface area contributed by atoms with Gasteiger partial charge >= 0.3 is 0 Å². The van der Waals surface area contributed by atoms with Gasteiger partial charge in [0, 0.05) is 17.3 Å². The topological polar surface area (TPSA) is 38.9 Å². The highest BCUT2D eigenvalue weighted by atomic mass is 19.1. The Morgan fingerprint density at radius 1 is 1.38 bits per heavy atom.